The number of Topliss-reactive ketones (excluding diaryl/α,β-unsaturated/α-hetero) is 1. The zero-order valence-corrected chi connectivity index (χ0v) is 5.76. The van der Waals surface area contributed by atoms with E-state index in [1.54, 1.807) is 0 Å². The van der Waals surface area contributed by atoms with E-state index < -0.39 is 0 Å². The zero-order chi connectivity index (χ0) is 7.82. The van der Waals surface area contributed by atoms with E-state index in [0.29, 0.717) is 19.4 Å². The first-order valence-electron chi connectivity index (χ1n) is 3.09. The van der Waals surface area contributed by atoms with Gasteiger partial charge in [0.2, 0.25) is 0 Å². The van der Waals surface area contributed by atoms with Gasteiger partial charge in [0, 0.05) is 12.8 Å². The second-order valence-corrected chi connectivity index (χ2v) is 1.75. The van der Waals surface area contributed by atoms with Crippen LogP contribution in [0.5, 0.6) is 0 Å². The lowest BCUT2D eigenvalue weighted by Crippen LogP contribution is -2.02. The van der Waals surface area contributed by atoms with Crippen LogP contribution >= 0.6 is 0 Å². The standard InChI is InChI=1S/C7H11NO2/c8-5-3-1-2-4-7(10)6-9/h9H,2,4-6,8H2. The molecule has 0 rings (SSSR count). The largest absolute Gasteiger partial charge is 0.389 e. The van der Waals surface area contributed by atoms with Crippen LogP contribution in [0.15, 0.2) is 0 Å². The van der Waals surface area contributed by atoms with Gasteiger partial charge in [-0.2, -0.15) is 0 Å². The molecular formula is C7H11NO2. The molecule has 3 heteroatoms. The number of aliphatic hydroxyl groups is 1. The number of hydrogen-bond donors (Lipinski definition) is 2. The van der Waals surface area contributed by atoms with E-state index >= 15 is 0 Å². The highest BCUT2D eigenvalue weighted by atomic mass is 16.3. The molecule has 0 saturated heterocycles. The summed E-state index contributed by atoms with van der Waals surface area (Å²) >= 11 is 0. The van der Waals surface area contributed by atoms with E-state index in [1.807, 2.05) is 0 Å². The molecule has 0 aliphatic rings. The van der Waals surface area contributed by atoms with E-state index in [9.17, 15) is 4.79 Å². The molecule has 0 amide bonds. The lowest BCUT2D eigenvalue weighted by molar-refractivity contribution is -0.121. The Morgan fingerprint density at radius 3 is 2.70 bits per heavy atom. The number of hydrogen-bond acceptors (Lipinski definition) is 3. The van der Waals surface area contributed by atoms with Gasteiger partial charge in [0.25, 0.3) is 0 Å². The maximum Gasteiger partial charge on any atom is 0.159 e. The Labute approximate surface area is 60.2 Å². The number of carbonyl (C=O) groups excluding carboxylic acids is 1. The summed E-state index contributed by atoms with van der Waals surface area (Å²) in [6, 6.07) is 0. The normalized spacial score (nSPS) is 8.20. The minimum Gasteiger partial charge on any atom is -0.389 e. The van der Waals surface area contributed by atoms with Crippen molar-refractivity contribution >= 4 is 5.78 Å². The Bertz CT molecular complexity index is 155. The minimum atomic E-state index is -0.385. The second kappa shape index (κ2) is 6.27. The van der Waals surface area contributed by atoms with Crippen LogP contribution in [-0.2, 0) is 4.79 Å². The zero-order valence-electron chi connectivity index (χ0n) is 5.76. The SMILES string of the molecule is NCC#CCCC(=O)CO. The topological polar surface area (TPSA) is 63.3 Å². The van der Waals surface area contributed by atoms with Crippen molar-refractivity contribution in [3.8, 4) is 11.8 Å². The molecule has 0 aliphatic carbocycles. The maximum absolute atomic E-state index is 10.4. The van der Waals surface area contributed by atoms with Gasteiger partial charge in [-0.25, -0.2) is 0 Å². The number of ketones is 1. The van der Waals surface area contributed by atoms with Crippen molar-refractivity contribution in [1.82, 2.24) is 0 Å². The molecule has 0 radical (unpaired) electrons. The summed E-state index contributed by atoms with van der Waals surface area (Å²) in [5.41, 5.74) is 5.07. The van der Waals surface area contributed by atoms with Crippen LogP contribution in [0, 0.1) is 11.8 Å². The second-order valence-electron chi connectivity index (χ2n) is 1.75. The van der Waals surface area contributed by atoms with Crippen molar-refractivity contribution in [2.75, 3.05) is 13.2 Å². The Kier molecular flexibility index (Phi) is 5.74. The Morgan fingerprint density at radius 1 is 1.50 bits per heavy atom. The number of carbonyl (C=O) groups is 1. The van der Waals surface area contributed by atoms with Crippen molar-refractivity contribution in [2.24, 2.45) is 5.73 Å². The molecule has 56 valence electrons. The average Bonchev–Trinajstić information content (AvgIpc) is 1.98. The van der Waals surface area contributed by atoms with Gasteiger partial charge in [-0.05, 0) is 0 Å². The van der Waals surface area contributed by atoms with E-state index in [2.05, 4.69) is 11.8 Å². The molecule has 0 atom stereocenters. The molecule has 0 aromatic carbocycles. The maximum atomic E-state index is 10.4. The van der Waals surface area contributed by atoms with E-state index in [1.165, 1.54) is 0 Å². The highest BCUT2D eigenvalue weighted by Crippen LogP contribution is 1.86. The van der Waals surface area contributed by atoms with Gasteiger partial charge in [0.05, 0.1) is 6.54 Å². The van der Waals surface area contributed by atoms with Crippen LogP contribution in [0.3, 0.4) is 0 Å². The molecule has 0 bridgehead atoms. The fraction of sp³-hybridized carbons (Fsp3) is 0.571. The van der Waals surface area contributed by atoms with Gasteiger partial charge in [-0.1, -0.05) is 5.92 Å². The van der Waals surface area contributed by atoms with Gasteiger partial charge < -0.3 is 10.8 Å². The molecule has 0 aliphatic heterocycles. The monoisotopic (exact) mass is 141 g/mol. The number of nitrogens with two attached hydrogens (primary N) is 1. The van der Waals surface area contributed by atoms with Crippen LogP contribution in [0.25, 0.3) is 0 Å². The van der Waals surface area contributed by atoms with Crippen LogP contribution in [0.4, 0.5) is 0 Å². The smallest absolute Gasteiger partial charge is 0.159 e. The molecule has 0 aromatic rings. The van der Waals surface area contributed by atoms with Gasteiger partial charge in [0.1, 0.15) is 6.61 Å². The summed E-state index contributed by atoms with van der Waals surface area (Å²) < 4.78 is 0. The molecule has 10 heavy (non-hydrogen) atoms. The Hall–Kier alpha value is -0.850. The fourth-order valence-corrected chi connectivity index (χ4v) is 0.442. The van der Waals surface area contributed by atoms with Crippen LogP contribution < -0.4 is 5.73 Å². The highest BCUT2D eigenvalue weighted by Gasteiger charge is 1.94. The van der Waals surface area contributed by atoms with Crippen molar-refractivity contribution in [1.29, 1.82) is 0 Å². The predicted octanol–water partition coefficient (Wildman–Crippen LogP) is -0.710. The molecule has 3 N–H and O–H groups in total. The summed E-state index contributed by atoms with van der Waals surface area (Å²) in [5.74, 6) is 5.14. The quantitative estimate of drug-likeness (QED) is 0.510. The van der Waals surface area contributed by atoms with Gasteiger partial charge in [0.15, 0.2) is 5.78 Å². The molecular weight excluding hydrogens is 130 g/mol. The molecule has 0 unspecified atom stereocenters. The summed E-state index contributed by atoms with van der Waals surface area (Å²) in [7, 11) is 0. The summed E-state index contributed by atoms with van der Waals surface area (Å²) in [4.78, 5) is 10.4. The van der Waals surface area contributed by atoms with Crippen molar-refractivity contribution in [3.05, 3.63) is 0 Å². The molecule has 0 spiro atoms. The van der Waals surface area contributed by atoms with E-state index in [-0.39, 0.29) is 12.4 Å². The lowest BCUT2D eigenvalue weighted by atomic mass is 10.2. The molecule has 0 heterocycles. The fourth-order valence-electron chi connectivity index (χ4n) is 0.442. The predicted molar refractivity (Wildman–Crippen MR) is 38.2 cm³/mol. The van der Waals surface area contributed by atoms with Gasteiger partial charge >= 0.3 is 0 Å². The molecule has 0 fully saturated rings. The van der Waals surface area contributed by atoms with Crippen LogP contribution in [0.1, 0.15) is 12.8 Å². The van der Waals surface area contributed by atoms with Crippen molar-refractivity contribution in [2.45, 2.75) is 12.8 Å². The molecule has 0 aromatic heterocycles. The van der Waals surface area contributed by atoms with E-state index in [4.69, 9.17) is 10.8 Å². The van der Waals surface area contributed by atoms with E-state index in [0.717, 1.165) is 0 Å². The van der Waals surface area contributed by atoms with Gasteiger partial charge in [-0.15, -0.1) is 5.92 Å². The Morgan fingerprint density at radius 2 is 2.20 bits per heavy atom. The average molecular weight is 141 g/mol. The summed E-state index contributed by atoms with van der Waals surface area (Å²) in [6.45, 7) is -0.0579. The highest BCUT2D eigenvalue weighted by molar-refractivity contribution is 5.79. The van der Waals surface area contributed by atoms with Crippen LogP contribution in [0.2, 0.25) is 0 Å². The third-order valence-corrected chi connectivity index (χ3v) is 0.932. The molecule has 0 saturated carbocycles. The minimum absolute atomic E-state index is 0.175. The first kappa shape index (κ1) is 9.15. The number of aliphatic hydroxyl groups excluding tert-OH is 1. The number of rotatable bonds is 3. The molecule has 3 nitrogen and oxygen atoms in total. The van der Waals surface area contributed by atoms with Crippen molar-refractivity contribution in [3.63, 3.8) is 0 Å². The van der Waals surface area contributed by atoms with Crippen LogP contribution in [-0.4, -0.2) is 24.0 Å². The lowest BCUT2D eigenvalue weighted by Gasteiger charge is -1.87. The first-order chi connectivity index (χ1) is 4.81. The van der Waals surface area contributed by atoms with Gasteiger partial charge in [-0.3, -0.25) is 4.79 Å². The third-order valence-electron chi connectivity index (χ3n) is 0.932. The Balaban J connectivity index is 3.27. The first-order valence-corrected chi connectivity index (χ1v) is 3.09. The third kappa shape index (κ3) is 5.29. The van der Waals surface area contributed by atoms with Crippen molar-refractivity contribution < 1.29 is 9.90 Å². The summed E-state index contributed by atoms with van der Waals surface area (Å²) in [6.07, 6.45) is 0.820. The summed E-state index contributed by atoms with van der Waals surface area (Å²) in [5, 5.41) is 8.27.